The second-order valence-corrected chi connectivity index (χ2v) is 7.85. The molecule has 1 aromatic heterocycles. The molecule has 0 bridgehead atoms. The molecule has 0 atom stereocenters. The second kappa shape index (κ2) is 8.61. The molecule has 172 valence electrons. The first-order chi connectivity index (χ1) is 15.0. The molecule has 0 N–H and O–H groups in total. The van der Waals surface area contributed by atoms with Crippen LogP contribution in [0.5, 0.6) is 28.7 Å². The molecule has 3 rings (SSSR count). The number of hydrogen-bond donors (Lipinski definition) is 0. The molecule has 0 aliphatic carbocycles. The zero-order valence-electron chi connectivity index (χ0n) is 17.3. The van der Waals surface area contributed by atoms with Crippen LogP contribution in [0, 0.1) is 0 Å². The summed E-state index contributed by atoms with van der Waals surface area (Å²) in [7, 11) is -0.594. The van der Waals surface area contributed by atoms with Gasteiger partial charge in [-0.15, -0.1) is 0 Å². The Morgan fingerprint density at radius 2 is 1.34 bits per heavy atom. The molecule has 3 aromatic rings. The number of halogens is 3. The van der Waals surface area contributed by atoms with Gasteiger partial charge in [-0.3, -0.25) is 4.98 Å². The summed E-state index contributed by atoms with van der Waals surface area (Å²) in [6.07, 6.45) is 1.46. The number of hydrogen-bond acceptors (Lipinski definition) is 8. The molecule has 12 heteroatoms. The lowest BCUT2D eigenvalue weighted by Gasteiger charge is -2.16. The third-order valence-electron chi connectivity index (χ3n) is 4.45. The first-order valence-electron chi connectivity index (χ1n) is 8.83. The summed E-state index contributed by atoms with van der Waals surface area (Å²) in [4.78, 5) is 4.34. The van der Waals surface area contributed by atoms with Crippen LogP contribution in [0.15, 0.2) is 36.5 Å². The highest BCUT2D eigenvalue weighted by atomic mass is 32.2. The Labute approximate surface area is 181 Å². The van der Waals surface area contributed by atoms with E-state index in [9.17, 15) is 21.6 Å². The van der Waals surface area contributed by atoms with Gasteiger partial charge in [-0.25, -0.2) is 0 Å². The highest BCUT2D eigenvalue weighted by Crippen LogP contribution is 2.43. The molecule has 0 fully saturated rings. The Kier molecular flexibility index (Phi) is 6.26. The fourth-order valence-corrected chi connectivity index (χ4v) is 3.39. The molecule has 8 nitrogen and oxygen atoms in total. The van der Waals surface area contributed by atoms with Crippen LogP contribution >= 0.6 is 0 Å². The maximum absolute atomic E-state index is 12.9. The van der Waals surface area contributed by atoms with Gasteiger partial charge >= 0.3 is 15.6 Å². The molecule has 0 saturated heterocycles. The minimum Gasteiger partial charge on any atom is -0.493 e. The maximum Gasteiger partial charge on any atom is 0.534 e. The molecule has 0 amide bonds. The average molecular weight is 473 g/mol. The van der Waals surface area contributed by atoms with E-state index in [0.717, 1.165) is 13.2 Å². The quantitative estimate of drug-likeness (QED) is 0.373. The van der Waals surface area contributed by atoms with Crippen LogP contribution in [0.25, 0.3) is 22.0 Å². The summed E-state index contributed by atoms with van der Waals surface area (Å²) in [6, 6.07) is 7.57. The monoisotopic (exact) mass is 473 g/mol. The van der Waals surface area contributed by atoms with Crippen LogP contribution < -0.4 is 23.1 Å². The SMILES string of the molecule is COc1cc2cc(-c3cc(OC)c(OC)c(OS(=O)(=O)C(F)(F)F)c3)cnc2cc1OC. The number of alkyl halides is 3. The van der Waals surface area contributed by atoms with E-state index in [1.54, 1.807) is 18.2 Å². The Bertz CT molecular complexity index is 1260. The number of aromatic nitrogens is 1. The Hall–Kier alpha value is -3.41. The largest absolute Gasteiger partial charge is 0.534 e. The van der Waals surface area contributed by atoms with Gasteiger partial charge in [-0.1, -0.05) is 0 Å². The first-order valence-corrected chi connectivity index (χ1v) is 10.2. The summed E-state index contributed by atoms with van der Waals surface area (Å²) in [5, 5.41) is 0.639. The lowest BCUT2D eigenvalue weighted by atomic mass is 10.0. The number of pyridine rings is 1. The summed E-state index contributed by atoms with van der Waals surface area (Å²) in [5.74, 6) is -0.119. The van der Waals surface area contributed by atoms with E-state index in [0.29, 0.717) is 28.0 Å². The summed E-state index contributed by atoms with van der Waals surface area (Å²) in [6.45, 7) is 0. The highest BCUT2D eigenvalue weighted by molar-refractivity contribution is 7.88. The third kappa shape index (κ3) is 4.31. The van der Waals surface area contributed by atoms with Gasteiger partial charge < -0.3 is 23.1 Å². The van der Waals surface area contributed by atoms with Crippen molar-refractivity contribution in [1.82, 2.24) is 4.98 Å². The first kappa shape index (κ1) is 23.3. The predicted octanol–water partition coefficient (Wildman–Crippen LogP) is 4.16. The van der Waals surface area contributed by atoms with Crippen LogP contribution in [-0.2, 0) is 10.1 Å². The van der Waals surface area contributed by atoms with Crippen molar-refractivity contribution < 1.29 is 44.7 Å². The molecule has 1 heterocycles. The van der Waals surface area contributed by atoms with Gasteiger partial charge in [-0.2, -0.15) is 21.6 Å². The van der Waals surface area contributed by atoms with Gasteiger partial charge in [0, 0.05) is 23.2 Å². The van der Waals surface area contributed by atoms with E-state index in [4.69, 9.17) is 18.9 Å². The summed E-state index contributed by atoms with van der Waals surface area (Å²) in [5.41, 5.74) is -4.33. The van der Waals surface area contributed by atoms with Crippen molar-refractivity contribution in [3.05, 3.63) is 36.5 Å². The predicted molar refractivity (Wildman–Crippen MR) is 109 cm³/mol. The Balaban J connectivity index is 2.18. The zero-order chi connectivity index (χ0) is 23.7. The van der Waals surface area contributed by atoms with Gasteiger partial charge in [0.2, 0.25) is 5.75 Å². The lowest BCUT2D eigenvalue weighted by Crippen LogP contribution is -2.28. The molecule has 2 aromatic carbocycles. The summed E-state index contributed by atoms with van der Waals surface area (Å²) >= 11 is 0. The fraction of sp³-hybridized carbons (Fsp3) is 0.250. The van der Waals surface area contributed by atoms with Crippen molar-refractivity contribution in [3.63, 3.8) is 0 Å². The zero-order valence-corrected chi connectivity index (χ0v) is 18.1. The molecule has 0 unspecified atom stereocenters. The van der Waals surface area contributed by atoms with Crippen LogP contribution in [-0.4, -0.2) is 47.3 Å². The van der Waals surface area contributed by atoms with Crippen molar-refractivity contribution in [2.24, 2.45) is 0 Å². The van der Waals surface area contributed by atoms with Gasteiger partial charge in [-0.05, 0) is 29.8 Å². The van der Waals surface area contributed by atoms with E-state index in [-0.39, 0.29) is 17.1 Å². The third-order valence-corrected chi connectivity index (χ3v) is 5.41. The molecule has 0 aliphatic heterocycles. The van der Waals surface area contributed by atoms with E-state index in [2.05, 4.69) is 9.17 Å². The number of fused-ring (bicyclic) bond motifs is 1. The molecular weight excluding hydrogens is 455 g/mol. The topological polar surface area (TPSA) is 93.2 Å². The standard InChI is InChI=1S/C20H18F3NO7S/c1-27-15-8-12-5-13(10-24-14(12)9-16(15)28-2)11-6-17(29-3)19(30-4)18(7-11)31-32(25,26)20(21,22)23/h5-10H,1-4H3. The molecule has 0 radical (unpaired) electrons. The maximum atomic E-state index is 12.9. The minimum absolute atomic E-state index is 0.0372. The van der Waals surface area contributed by atoms with Crippen LogP contribution in [0.1, 0.15) is 0 Å². The minimum atomic E-state index is -5.94. The molecule has 0 spiro atoms. The number of ether oxygens (including phenoxy) is 4. The second-order valence-electron chi connectivity index (χ2n) is 6.32. The Morgan fingerprint density at radius 1 is 0.750 bits per heavy atom. The van der Waals surface area contributed by atoms with E-state index >= 15 is 0 Å². The molecule has 0 saturated carbocycles. The van der Waals surface area contributed by atoms with Crippen LogP contribution in [0.4, 0.5) is 13.2 Å². The lowest BCUT2D eigenvalue weighted by molar-refractivity contribution is -0.0500. The summed E-state index contributed by atoms with van der Waals surface area (Å²) < 4.78 is 86.7. The molecule has 0 aliphatic rings. The number of benzene rings is 2. The Morgan fingerprint density at radius 3 is 1.91 bits per heavy atom. The van der Waals surface area contributed by atoms with Crippen molar-refractivity contribution in [3.8, 4) is 39.9 Å². The van der Waals surface area contributed by atoms with Crippen molar-refractivity contribution in [1.29, 1.82) is 0 Å². The molecule has 32 heavy (non-hydrogen) atoms. The van der Waals surface area contributed by atoms with Crippen molar-refractivity contribution in [2.75, 3.05) is 28.4 Å². The van der Waals surface area contributed by atoms with Gasteiger partial charge in [0.15, 0.2) is 23.0 Å². The van der Waals surface area contributed by atoms with Crippen molar-refractivity contribution in [2.45, 2.75) is 5.51 Å². The number of rotatable bonds is 7. The van der Waals surface area contributed by atoms with Gasteiger partial charge in [0.25, 0.3) is 0 Å². The fourth-order valence-electron chi connectivity index (χ4n) is 2.94. The normalized spacial score (nSPS) is 11.8. The van der Waals surface area contributed by atoms with Crippen LogP contribution in [0.2, 0.25) is 0 Å². The van der Waals surface area contributed by atoms with E-state index < -0.39 is 21.4 Å². The van der Waals surface area contributed by atoms with E-state index in [1.807, 2.05) is 0 Å². The van der Waals surface area contributed by atoms with Crippen molar-refractivity contribution >= 4 is 21.0 Å². The smallest absolute Gasteiger partial charge is 0.493 e. The number of nitrogens with zero attached hydrogens (tertiary/aromatic N) is 1. The highest BCUT2D eigenvalue weighted by Gasteiger charge is 2.49. The van der Waals surface area contributed by atoms with Gasteiger partial charge in [0.1, 0.15) is 0 Å². The van der Waals surface area contributed by atoms with Crippen LogP contribution in [0.3, 0.4) is 0 Å². The number of methoxy groups -OCH3 is 4. The average Bonchev–Trinajstić information content (AvgIpc) is 2.75. The van der Waals surface area contributed by atoms with Gasteiger partial charge in [0.05, 0.1) is 34.0 Å². The van der Waals surface area contributed by atoms with E-state index in [1.165, 1.54) is 33.6 Å². The molecular formula is C20H18F3NO7S.